The zero-order valence-electron chi connectivity index (χ0n) is 16.5. The third-order valence-electron chi connectivity index (χ3n) is 6.00. The van der Waals surface area contributed by atoms with Crippen molar-refractivity contribution in [1.82, 2.24) is 9.88 Å². The Hall–Kier alpha value is -1.50. The first-order valence-electron chi connectivity index (χ1n) is 9.94. The van der Waals surface area contributed by atoms with Crippen molar-refractivity contribution in [1.29, 1.82) is 0 Å². The first-order chi connectivity index (χ1) is 12.8. The number of aromatic nitrogens is 1. The summed E-state index contributed by atoms with van der Waals surface area (Å²) in [7, 11) is 0. The number of ether oxygens (including phenoxy) is 1. The highest BCUT2D eigenvalue weighted by Gasteiger charge is 2.67. The van der Waals surface area contributed by atoms with Crippen LogP contribution in [0.1, 0.15) is 61.5 Å². The number of aryl methyl sites for hydroxylation is 2. The molecule has 1 aromatic heterocycles. The number of likely N-dealkylation sites (tertiary alicyclic amines) is 1. The predicted molar refractivity (Wildman–Crippen MR) is 103 cm³/mol. The molecule has 0 radical (unpaired) electrons. The minimum atomic E-state index is -2.08. The molecule has 1 aliphatic heterocycles. The van der Waals surface area contributed by atoms with Crippen molar-refractivity contribution in [2.24, 2.45) is 5.41 Å². The van der Waals surface area contributed by atoms with Gasteiger partial charge in [0.2, 0.25) is 11.6 Å². The Labute approximate surface area is 164 Å². The fraction of sp³-hybridized carbons (Fsp3) is 0.750. The number of unbranched alkanes of at least 4 members (excludes halogenated alkanes) is 1. The Balaban J connectivity index is 1.71. The Bertz CT molecular complexity index is 716. The maximum absolute atomic E-state index is 15.7. The molecule has 1 aliphatic carbocycles. The highest BCUT2D eigenvalue weighted by molar-refractivity contribution is 7.11. The molecule has 2 heterocycles. The van der Waals surface area contributed by atoms with E-state index in [2.05, 4.69) is 11.9 Å². The maximum Gasteiger partial charge on any atom is 0.346 e. The topological polar surface area (TPSA) is 59.5 Å². The van der Waals surface area contributed by atoms with Crippen molar-refractivity contribution in [3.8, 4) is 0 Å². The second-order valence-electron chi connectivity index (χ2n) is 7.80. The van der Waals surface area contributed by atoms with E-state index in [1.54, 1.807) is 18.3 Å². The standard InChI is InChI=1S/C20H29FN2O3S/c1-4-6-8-16-22-14(3)15(27-16)11-17(24)23-12-19(9-7-10-19)20(21,13-23)18(25)26-5-2/h4-13H2,1-3H3. The van der Waals surface area contributed by atoms with Crippen LogP contribution in [-0.4, -0.2) is 47.1 Å². The summed E-state index contributed by atoms with van der Waals surface area (Å²) in [5.41, 5.74) is -1.95. The Morgan fingerprint density at radius 3 is 2.63 bits per heavy atom. The molecule has 1 atom stereocenters. The van der Waals surface area contributed by atoms with Gasteiger partial charge in [0.15, 0.2) is 0 Å². The highest BCUT2D eigenvalue weighted by Crippen LogP contribution is 2.56. The van der Waals surface area contributed by atoms with Crippen LogP contribution in [0.3, 0.4) is 0 Å². The van der Waals surface area contributed by atoms with Gasteiger partial charge >= 0.3 is 5.97 Å². The van der Waals surface area contributed by atoms with Gasteiger partial charge in [-0.1, -0.05) is 19.8 Å². The fourth-order valence-corrected chi connectivity index (χ4v) is 5.28. The molecule has 3 rings (SSSR count). The zero-order chi connectivity index (χ0) is 19.7. The molecule has 1 amide bonds. The number of carbonyl (C=O) groups excluding carboxylic acids is 2. The van der Waals surface area contributed by atoms with Crippen LogP contribution in [0.25, 0.3) is 0 Å². The lowest BCUT2D eigenvalue weighted by Gasteiger charge is -2.44. The lowest BCUT2D eigenvalue weighted by Crippen LogP contribution is -2.54. The van der Waals surface area contributed by atoms with Crippen LogP contribution in [0.2, 0.25) is 0 Å². The van der Waals surface area contributed by atoms with E-state index in [-0.39, 0.29) is 25.5 Å². The molecule has 1 spiro atoms. The van der Waals surface area contributed by atoms with Crippen LogP contribution in [0, 0.1) is 12.3 Å². The number of rotatable bonds is 7. The monoisotopic (exact) mass is 396 g/mol. The summed E-state index contributed by atoms with van der Waals surface area (Å²) in [4.78, 5) is 32.2. The van der Waals surface area contributed by atoms with Crippen molar-refractivity contribution < 1.29 is 18.7 Å². The smallest absolute Gasteiger partial charge is 0.346 e. The lowest BCUT2D eigenvalue weighted by molar-refractivity contribution is -0.168. The molecule has 2 fully saturated rings. The van der Waals surface area contributed by atoms with E-state index >= 15 is 4.39 Å². The van der Waals surface area contributed by atoms with Gasteiger partial charge in [-0.05, 0) is 39.5 Å². The van der Waals surface area contributed by atoms with Crippen molar-refractivity contribution in [2.45, 2.75) is 71.4 Å². The zero-order valence-corrected chi connectivity index (χ0v) is 17.3. The van der Waals surface area contributed by atoms with Crippen LogP contribution in [0.15, 0.2) is 0 Å². The van der Waals surface area contributed by atoms with E-state index in [1.807, 2.05) is 6.92 Å². The molecular weight excluding hydrogens is 367 g/mol. The number of thiazole rings is 1. The average molecular weight is 397 g/mol. The molecule has 1 saturated carbocycles. The molecule has 0 N–H and O–H groups in total. The van der Waals surface area contributed by atoms with Crippen LogP contribution >= 0.6 is 11.3 Å². The summed E-state index contributed by atoms with van der Waals surface area (Å²) in [6, 6.07) is 0. The van der Waals surface area contributed by atoms with Crippen LogP contribution in [0.4, 0.5) is 4.39 Å². The SMILES string of the molecule is CCCCc1nc(C)c(CC(=O)N2CC3(CCC3)C(F)(C(=O)OCC)C2)s1. The van der Waals surface area contributed by atoms with Crippen molar-refractivity contribution in [3.05, 3.63) is 15.6 Å². The largest absolute Gasteiger partial charge is 0.464 e. The summed E-state index contributed by atoms with van der Waals surface area (Å²) in [6.07, 6.45) is 5.50. The highest BCUT2D eigenvalue weighted by atomic mass is 32.1. The number of halogens is 1. The van der Waals surface area contributed by atoms with Crippen molar-refractivity contribution >= 4 is 23.2 Å². The summed E-state index contributed by atoms with van der Waals surface area (Å²) in [5, 5.41) is 1.06. The molecule has 1 aromatic rings. The Kier molecular flexibility index (Phi) is 5.89. The van der Waals surface area contributed by atoms with Gasteiger partial charge in [-0.15, -0.1) is 11.3 Å². The Morgan fingerprint density at radius 1 is 1.30 bits per heavy atom. The molecular formula is C20H29FN2O3S. The van der Waals surface area contributed by atoms with Gasteiger partial charge in [-0.2, -0.15) is 0 Å². The molecule has 1 saturated heterocycles. The van der Waals surface area contributed by atoms with Crippen LogP contribution in [0.5, 0.6) is 0 Å². The number of hydrogen-bond acceptors (Lipinski definition) is 5. The summed E-state index contributed by atoms with van der Waals surface area (Å²) in [6.45, 7) is 6.00. The van der Waals surface area contributed by atoms with Crippen molar-refractivity contribution in [2.75, 3.05) is 19.7 Å². The first-order valence-corrected chi connectivity index (χ1v) is 10.8. The van der Waals surface area contributed by atoms with Gasteiger partial charge in [0.1, 0.15) is 0 Å². The molecule has 0 bridgehead atoms. The number of alkyl halides is 1. The van der Waals surface area contributed by atoms with Gasteiger partial charge in [0.05, 0.1) is 30.3 Å². The average Bonchev–Trinajstić information content (AvgIpc) is 3.11. The normalized spacial score (nSPS) is 23.5. The summed E-state index contributed by atoms with van der Waals surface area (Å²) in [5.74, 6) is -0.935. The summed E-state index contributed by atoms with van der Waals surface area (Å²) < 4.78 is 20.7. The predicted octanol–water partition coefficient (Wildman–Crippen LogP) is 3.62. The Morgan fingerprint density at radius 2 is 2.04 bits per heavy atom. The van der Waals surface area contributed by atoms with Crippen LogP contribution < -0.4 is 0 Å². The van der Waals surface area contributed by atoms with Gasteiger partial charge in [-0.25, -0.2) is 14.2 Å². The molecule has 27 heavy (non-hydrogen) atoms. The minimum absolute atomic E-state index is 0.126. The van der Waals surface area contributed by atoms with E-state index in [4.69, 9.17) is 4.74 Å². The van der Waals surface area contributed by atoms with E-state index in [0.29, 0.717) is 19.4 Å². The maximum atomic E-state index is 15.7. The van der Waals surface area contributed by atoms with Gasteiger partial charge in [0, 0.05) is 16.8 Å². The van der Waals surface area contributed by atoms with E-state index < -0.39 is 17.1 Å². The number of carbonyl (C=O) groups is 2. The minimum Gasteiger partial charge on any atom is -0.464 e. The van der Waals surface area contributed by atoms with Crippen molar-refractivity contribution in [3.63, 3.8) is 0 Å². The second kappa shape index (κ2) is 7.86. The molecule has 7 heteroatoms. The van der Waals surface area contributed by atoms with Gasteiger partial charge < -0.3 is 9.64 Å². The van der Waals surface area contributed by atoms with Gasteiger partial charge in [-0.3, -0.25) is 4.79 Å². The van der Waals surface area contributed by atoms with E-state index in [0.717, 1.165) is 41.3 Å². The molecule has 1 unspecified atom stereocenters. The second-order valence-corrected chi connectivity index (χ2v) is 8.97. The quantitative estimate of drug-likeness (QED) is 0.661. The number of amides is 1. The first kappa shape index (κ1) is 20.2. The van der Waals surface area contributed by atoms with Crippen LogP contribution in [-0.2, 0) is 27.2 Å². The summed E-state index contributed by atoms with van der Waals surface area (Å²) >= 11 is 1.58. The molecule has 0 aromatic carbocycles. The lowest BCUT2D eigenvalue weighted by atomic mass is 9.61. The number of nitrogens with zero attached hydrogens (tertiary/aromatic N) is 2. The molecule has 5 nitrogen and oxygen atoms in total. The van der Waals surface area contributed by atoms with E-state index in [9.17, 15) is 9.59 Å². The van der Waals surface area contributed by atoms with Gasteiger partial charge in [0.25, 0.3) is 0 Å². The molecule has 150 valence electrons. The fourth-order valence-electron chi connectivity index (χ4n) is 4.17. The third-order valence-corrected chi connectivity index (χ3v) is 7.22. The van der Waals surface area contributed by atoms with E-state index in [1.165, 1.54) is 4.90 Å². The molecule has 2 aliphatic rings. The number of esters is 1. The number of hydrogen-bond donors (Lipinski definition) is 0. The third kappa shape index (κ3) is 3.62.